The van der Waals surface area contributed by atoms with E-state index in [0.29, 0.717) is 12.3 Å². The van der Waals surface area contributed by atoms with Crippen molar-refractivity contribution in [3.05, 3.63) is 29.8 Å². The Hall–Kier alpha value is -1.31. The molecule has 1 amide bonds. The normalized spacial score (nSPS) is 10.6. The van der Waals surface area contributed by atoms with Gasteiger partial charge in [-0.2, -0.15) is 0 Å². The van der Waals surface area contributed by atoms with E-state index in [-0.39, 0.29) is 5.91 Å². The van der Waals surface area contributed by atoms with Gasteiger partial charge in [0.2, 0.25) is 5.91 Å². The fourth-order valence-corrected chi connectivity index (χ4v) is 1.76. The largest absolute Gasteiger partial charge is 0.313 e. The van der Waals surface area contributed by atoms with Crippen molar-refractivity contribution in [2.75, 3.05) is 11.4 Å². The summed E-state index contributed by atoms with van der Waals surface area (Å²) in [4.78, 5) is 13.9. The Balaban J connectivity index is 2.85. The van der Waals surface area contributed by atoms with Crippen LogP contribution in [-0.2, 0) is 4.79 Å². The van der Waals surface area contributed by atoms with Crippen LogP contribution in [0.2, 0.25) is 0 Å². The summed E-state index contributed by atoms with van der Waals surface area (Å²) in [6.45, 7) is 8.93. The van der Waals surface area contributed by atoms with Crippen molar-refractivity contribution in [3.63, 3.8) is 0 Å². The van der Waals surface area contributed by atoms with Gasteiger partial charge in [0.05, 0.1) is 0 Å². The maximum absolute atomic E-state index is 12.0. The van der Waals surface area contributed by atoms with Crippen LogP contribution in [0, 0.1) is 12.8 Å². The van der Waals surface area contributed by atoms with Crippen LogP contribution in [0.5, 0.6) is 0 Å². The molecule has 0 saturated carbocycles. The lowest BCUT2D eigenvalue weighted by atomic mass is 10.1. The van der Waals surface area contributed by atoms with E-state index < -0.39 is 0 Å². The lowest BCUT2D eigenvalue weighted by molar-refractivity contribution is -0.119. The zero-order chi connectivity index (χ0) is 12.1. The second-order valence-electron chi connectivity index (χ2n) is 4.57. The number of benzene rings is 1. The molecule has 0 unspecified atom stereocenters. The average Bonchev–Trinajstić information content (AvgIpc) is 2.17. The first kappa shape index (κ1) is 12.8. The van der Waals surface area contributed by atoms with Crippen LogP contribution in [0.1, 0.15) is 32.8 Å². The highest BCUT2D eigenvalue weighted by molar-refractivity contribution is 5.93. The lowest BCUT2D eigenvalue weighted by Crippen LogP contribution is -2.31. The average molecular weight is 219 g/mol. The van der Waals surface area contributed by atoms with E-state index in [2.05, 4.69) is 19.9 Å². The molecule has 0 bridgehead atoms. The van der Waals surface area contributed by atoms with Gasteiger partial charge in [0.1, 0.15) is 0 Å². The summed E-state index contributed by atoms with van der Waals surface area (Å²) < 4.78 is 0. The smallest absolute Gasteiger partial charge is 0.227 e. The van der Waals surface area contributed by atoms with Crippen molar-refractivity contribution in [2.24, 2.45) is 5.92 Å². The number of hydrogen-bond acceptors (Lipinski definition) is 1. The number of amides is 1. The summed E-state index contributed by atoms with van der Waals surface area (Å²) in [7, 11) is 0. The highest BCUT2D eigenvalue weighted by Crippen LogP contribution is 2.17. The maximum Gasteiger partial charge on any atom is 0.227 e. The standard InChI is InChI=1S/C14H21NO/c1-5-15(14(16)9-11(2)3)13-8-6-7-12(4)10-13/h6-8,10-11H,5,9H2,1-4H3. The van der Waals surface area contributed by atoms with E-state index in [0.717, 1.165) is 12.2 Å². The fraction of sp³-hybridized carbons (Fsp3) is 0.500. The van der Waals surface area contributed by atoms with E-state index in [1.165, 1.54) is 5.56 Å². The molecule has 0 heterocycles. The van der Waals surface area contributed by atoms with Crippen LogP contribution in [0.3, 0.4) is 0 Å². The van der Waals surface area contributed by atoms with Gasteiger partial charge in [-0.1, -0.05) is 26.0 Å². The first-order valence-electron chi connectivity index (χ1n) is 5.91. The summed E-state index contributed by atoms with van der Waals surface area (Å²) in [6, 6.07) is 8.09. The first-order valence-corrected chi connectivity index (χ1v) is 5.91. The second-order valence-corrected chi connectivity index (χ2v) is 4.57. The molecular formula is C14H21NO. The van der Waals surface area contributed by atoms with Gasteiger partial charge in [-0.15, -0.1) is 0 Å². The Kier molecular flexibility index (Phi) is 4.53. The van der Waals surface area contributed by atoms with Crippen LogP contribution >= 0.6 is 0 Å². The number of rotatable bonds is 4. The quantitative estimate of drug-likeness (QED) is 0.760. The van der Waals surface area contributed by atoms with Gasteiger partial charge < -0.3 is 4.90 Å². The summed E-state index contributed by atoms with van der Waals surface area (Å²) in [5.41, 5.74) is 2.20. The molecule has 0 spiro atoms. The molecule has 1 aromatic rings. The van der Waals surface area contributed by atoms with Crippen molar-refractivity contribution in [1.29, 1.82) is 0 Å². The lowest BCUT2D eigenvalue weighted by Gasteiger charge is -2.22. The van der Waals surface area contributed by atoms with Gasteiger partial charge in [-0.05, 0) is 37.5 Å². The van der Waals surface area contributed by atoms with Gasteiger partial charge >= 0.3 is 0 Å². The van der Waals surface area contributed by atoms with Crippen molar-refractivity contribution in [3.8, 4) is 0 Å². The Morgan fingerprint density at radius 2 is 2.06 bits per heavy atom. The molecule has 0 radical (unpaired) electrons. The van der Waals surface area contributed by atoms with E-state index in [1.807, 2.05) is 36.9 Å². The maximum atomic E-state index is 12.0. The Bertz CT molecular complexity index is 358. The number of carbonyl (C=O) groups excluding carboxylic acids is 1. The van der Waals surface area contributed by atoms with Crippen molar-refractivity contribution >= 4 is 11.6 Å². The zero-order valence-electron chi connectivity index (χ0n) is 10.7. The summed E-state index contributed by atoms with van der Waals surface area (Å²) in [5, 5.41) is 0. The van der Waals surface area contributed by atoms with Crippen molar-refractivity contribution in [2.45, 2.75) is 34.1 Å². The van der Waals surface area contributed by atoms with E-state index in [9.17, 15) is 4.79 Å². The van der Waals surface area contributed by atoms with E-state index in [4.69, 9.17) is 0 Å². The first-order chi connectivity index (χ1) is 7.54. The molecule has 0 aromatic heterocycles. The molecule has 0 saturated heterocycles. The molecule has 1 rings (SSSR count). The van der Waals surface area contributed by atoms with Crippen molar-refractivity contribution in [1.82, 2.24) is 0 Å². The van der Waals surface area contributed by atoms with Crippen LogP contribution < -0.4 is 4.90 Å². The predicted octanol–water partition coefficient (Wildman–Crippen LogP) is 3.39. The third-order valence-electron chi connectivity index (χ3n) is 2.51. The number of anilines is 1. The number of aryl methyl sites for hydroxylation is 1. The molecule has 88 valence electrons. The van der Waals surface area contributed by atoms with Crippen LogP contribution in [0.25, 0.3) is 0 Å². The molecular weight excluding hydrogens is 198 g/mol. The minimum atomic E-state index is 0.211. The topological polar surface area (TPSA) is 20.3 Å². The molecule has 0 aliphatic rings. The molecule has 0 atom stereocenters. The highest BCUT2D eigenvalue weighted by atomic mass is 16.2. The summed E-state index contributed by atoms with van der Waals surface area (Å²) >= 11 is 0. The van der Waals surface area contributed by atoms with Crippen LogP contribution in [0.15, 0.2) is 24.3 Å². The molecule has 2 heteroatoms. The SMILES string of the molecule is CCN(C(=O)CC(C)C)c1cccc(C)c1. The van der Waals surface area contributed by atoms with E-state index >= 15 is 0 Å². The minimum Gasteiger partial charge on any atom is -0.313 e. The number of hydrogen-bond donors (Lipinski definition) is 0. The summed E-state index contributed by atoms with van der Waals surface area (Å²) in [6.07, 6.45) is 0.613. The van der Waals surface area contributed by atoms with Crippen LogP contribution in [-0.4, -0.2) is 12.5 Å². The molecule has 0 fully saturated rings. The molecule has 0 aliphatic heterocycles. The number of nitrogens with zero attached hydrogens (tertiary/aromatic N) is 1. The Labute approximate surface area is 98.3 Å². The van der Waals surface area contributed by atoms with Gasteiger partial charge in [0.25, 0.3) is 0 Å². The zero-order valence-corrected chi connectivity index (χ0v) is 10.7. The Morgan fingerprint density at radius 3 is 2.56 bits per heavy atom. The van der Waals surface area contributed by atoms with Crippen molar-refractivity contribution < 1.29 is 4.79 Å². The molecule has 2 nitrogen and oxygen atoms in total. The molecule has 16 heavy (non-hydrogen) atoms. The minimum absolute atomic E-state index is 0.211. The monoisotopic (exact) mass is 219 g/mol. The van der Waals surface area contributed by atoms with Gasteiger partial charge in [0.15, 0.2) is 0 Å². The fourth-order valence-electron chi connectivity index (χ4n) is 1.76. The van der Waals surface area contributed by atoms with E-state index in [1.54, 1.807) is 0 Å². The van der Waals surface area contributed by atoms with Gasteiger partial charge in [0, 0.05) is 18.7 Å². The van der Waals surface area contributed by atoms with Crippen LogP contribution in [0.4, 0.5) is 5.69 Å². The predicted molar refractivity (Wildman–Crippen MR) is 68.7 cm³/mol. The molecule has 0 aliphatic carbocycles. The second kappa shape index (κ2) is 5.69. The molecule has 1 aromatic carbocycles. The Morgan fingerprint density at radius 1 is 1.38 bits per heavy atom. The molecule has 0 N–H and O–H groups in total. The third-order valence-corrected chi connectivity index (χ3v) is 2.51. The highest BCUT2D eigenvalue weighted by Gasteiger charge is 2.14. The summed E-state index contributed by atoms with van der Waals surface area (Å²) in [5.74, 6) is 0.620. The van der Waals surface area contributed by atoms with Gasteiger partial charge in [-0.25, -0.2) is 0 Å². The third kappa shape index (κ3) is 3.37. The van der Waals surface area contributed by atoms with Gasteiger partial charge in [-0.3, -0.25) is 4.79 Å². The number of carbonyl (C=O) groups is 1.